The normalized spacial score (nSPS) is 19.8. The Morgan fingerprint density at radius 2 is 2.14 bits per heavy atom. The second kappa shape index (κ2) is 7.95. The molecule has 1 saturated heterocycles. The van der Waals surface area contributed by atoms with Gasteiger partial charge in [-0.2, -0.15) is 5.26 Å². The molecule has 4 nitrogen and oxygen atoms in total. The summed E-state index contributed by atoms with van der Waals surface area (Å²) in [4.78, 5) is 13.4. The molecule has 1 amide bonds. The average Bonchev–Trinajstić information content (AvgIpc) is 2.51. The fourth-order valence-corrected chi connectivity index (χ4v) is 2.96. The van der Waals surface area contributed by atoms with Gasteiger partial charge in [0.1, 0.15) is 0 Å². The molecule has 2 atom stereocenters. The van der Waals surface area contributed by atoms with Crippen molar-refractivity contribution in [2.45, 2.75) is 51.1 Å². The van der Waals surface area contributed by atoms with E-state index in [-0.39, 0.29) is 11.9 Å². The molecule has 1 aliphatic heterocycles. The highest BCUT2D eigenvalue weighted by atomic mass is 16.2. The van der Waals surface area contributed by atoms with Crippen molar-refractivity contribution in [3.05, 3.63) is 35.4 Å². The van der Waals surface area contributed by atoms with E-state index in [1.54, 1.807) is 0 Å². The lowest BCUT2D eigenvalue weighted by Gasteiger charge is -2.33. The Morgan fingerprint density at radius 1 is 1.41 bits per heavy atom. The van der Waals surface area contributed by atoms with E-state index in [4.69, 9.17) is 5.26 Å². The number of hydrogen-bond acceptors (Lipinski definition) is 3. The van der Waals surface area contributed by atoms with Crippen LogP contribution in [0.2, 0.25) is 0 Å². The van der Waals surface area contributed by atoms with Crippen LogP contribution >= 0.6 is 0 Å². The average molecular weight is 299 g/mol. The molecular formula is C18H25N3O. The minimum absolute atomic E-state index is 0.231. The van der Waals surface area contributed by atoms with E-state index in [1.165, 1.54) is 11.1 Å². The third kappa shape index (κ3) is 4.57. The number of rotatable bonds is 6. The second-order valence-electron chi connectivity index (χ2n) is 6.19. The van der Waals surface area contributed by atoms with Gasteiger partial charge in [-0.3, -0.25) is 4.79 Å². The number of nitrogens with one attached hydrogen (secondary N) is 1. The topological polar surface area (TPSA) is 56.1 Å². The fourth-order valence-electron chi connectivity index (χ4n) is 2.96. The van der Waals surface area contributed by atoms with E-state index in [1.807, 2.05) is 11.9 Å². The third-order valence-electron chi connectivity index (χ3n) is 4.32. The summed E-state index contributed by atoms with van der Waals surface area (Å²) in [7, 11) is 1.87. The second-order valence-corrected chi connectivity index (χ2v) is 6.19. The van der Waals surface area contributed by atoms with E-state index >= 15 is 0 Å². The molecule has 1 aliphatic rings. The predicted octanol–water partition coefficient (Wildman–Crippen LogP) is 2.94. The first-order valence-corrected chi connectivity index (χ1v) is 8.03. The molecule has 0 aliphatic carbocycles. The number of carbonyl (C=O) groups is 1. The smallest absolute Gasteiger partial charge is 0.222 e. The Bertz CT molecular complexity index is 532. The number of likely N-dealkylation sites (tertiary alicyclic amines) is 1. The molecule has 1 N–H and O–H groups in total. The summed E-state index contributed by atoms with van der Waals surface area (Å²) in [6, 6.07) is 11.4. The van der Waals surface area contributed by atoms with E-state index in [0.29, 0.717) is 18.9 Å². The van der Waals surface area contributed by atoms with Crippen LogP contribution in [0.4, 0.5) is 0 Å². The van der Waals surface area contributed by atoms with Gasteiger partial charge in [-0.05, 0) is 31.7 Å². The van der Waals surface area contributed by atoms with E-state index < -0.39 is 0 Å². The summed E-state index contributed by atoms with van der Waals surface area (Å²) in [6.07, 6.45) is 3.94. The maximum atomic E-state index is 11.6. The predicted molar refractivity (Wildman–Crippen MR) is 87.2 cm³/mol. The molecule has 118 valence electrons. The summed E-state index contributed by atoms with van der Waals surface area (Å²) < 4.78 is 0. The first kappa shape index (κ1) is 16.5. The number of piperidine rings is 1. The summed E-state index contributed by atoms with van der Waals surface area (Å²) >= 11 is 0. The quantitative estimate of drug-likeness (QED) is 0.822. The molecule has 1 fully saturated rings. The van der Waals surface area contributed by atoms with E-state index in [0.717, 1.165) is 25.8 Å². The highest BCUT2D eigenvalue weighted by molar-refractivity contribution is 5.76. The summed E-state index contributed by atoms with van der Waals surface area (Å²) in [5.74, 6) is 0.231. The van der Waals surface area contributed by atoms with Gasteiger partial charge in [0.15, 0.2) is 0 Å². The number of hydrogen-bond donors (Lipinski definition) is 1. The van der Waals surface area contributed by atoms with Gasteiger partial charge in [-0.1, -0.05) is 29.8 Å². The Balaban J connectivity index is 2.02. The molecule has 0 unspecified atom stereocenters. The largest absolute Gasteiger partial charge is 0.344 e. The van der Waals surface area contributed by atoms with Crippen molar-refractivity contribution in [1.82, 2.24) is 10.2 Å². The Kier molecular flexibility index (Phi) is 5.97. The molecule has 2 rings (SSSR count). The fraction of sp³-hybridized carbons (Fsp3) is 0.556. The van der Waals surface area contributed by atoms with Crippen molar-refractivity contribution in [3.63, 3.8) is 0 Å². The van der Waals surface area contributed by atoms with Gasteiger partial charge in [0.2, 0.25) is 5.91 Å². The lowest BCUT2D eigenvalue weighted by Crippen LogP contribution is -2.47. The standard InChI is InChI=1S/C18H25N3O/c1-14-6-8-15(9-7-14)17(5-3-4-12-19)20-16-10-11-18(22)21(2)13-16/h6-9,16-17,20H,3-5,10-11,13H2,1-2H3/t16-,17-/m1/s1. The number of amides is 1. The van der Waals surface area contributed by atoms with Gasteiger partial charge >= 0.3 is 0 Å². The third-order valence-corrected chi connectivity index (χ3v) is 4.32. The molecule has 0 saturated carbocycles. The lowest BCUT2D eigenvalue weighted by molar-refractivity contribution is -0.132. The number of nitrogens with zero attached hydrogens (tertiary/aromatic N) is 2. The highest BCUT2D eigenvalue weighted by Gasteiger charge is 2.25. The van der Waals surface area contributed by atoms with Gasteiger partial charge in [0.25, 0.3) is 0 Å². The van der Waals surface area contributed by atoms with Crippen molar-refractivity contribution in [2.75, 3.05) is 13.6 Å². The van der Waals surface area contributed by atoms with Crippen molar-refractivity contribution in [2.24, 2.45) is 0 Å². The molecule has 1 aromatic rings. The summed E-state index contributed by atoms with van der Waals surface area (Å²) in [5.41, 5.74) is 2.52. The van der Waals surface area contributed by atoms with E-state index in [9.17, 15) is 4.79 Å². The van der Waals surface area contributed by atoms with Crippen LogP contribution in [0.15, 0.2) is 24.3 Å². The first-order chi connectivity index (χ1) is 10.6. The lowest BCUT2D eigenvalue weighted by atomic mass is 9.97. The molecule has 1 aromatic carbocycles. The molecule has 0 radical (unpaired) electrons. The zero-order chi connectivity index (χ0) is 15.9. The zero-order valence-corrected chi connectivity index (χ0v) is 13.5. The molecule has 22 heavy (non-hydrogen) atoms. The van der Waals surface area contributed by atoms with Crippen molar-refractivity contribution in [1.29, 1.82) is 5.26 Å². The van der Waals surface area contributed by atoms with Gasteiger partial charge < -0.3 is 10.2 Å². The maximum absolute atomic E-state index is 11.6. The van der Waals surface area contributed by atoms with Crippen LogP contribution in [0, 0.1) is 18.3 Å². The maximum Gasteiger partial charge on any atom is 0.222 e. The van der Waals surface area contributed by atoms with Crippen LogP contribution in [0.3, 0.4) is 0 Å². The minimum Gasteiger partial charge on any atom is -0.344 e. The number of likely N-dealkylation sites (N-methyl/N-ethyl adjacent to an activating group) is 1. The van der Waals surface area contributed by atoms with Gasteiger partial charge in [0.05, 0.1) is 6.07 Å². The Morgan fingerprint density at radius 3 is 2.77 bits per heavy atom. The molecule has 0 bridgehead atoms. The molecule has 4 heteroatoms. The van der Waals surface area contributed by atoms with Crippen LogP contribution in [0.1, 0.15) is 49.3 Å². The molecular weight excluding hydrogens is 274 g/mol. The van der Waals surface area contributed by atoms with Crippen molar-refractivity contribution < 1.29 is 4.79 Å². The van der Waals surface area contributed by atoms with Crippen LogP contribution in [0.5, 0.6) is 0 Å². The van der Waals surface area contributed by atoms with Gasteiger partial charge in [-0.15, -0.1) is 0 Å². The first-order valence-electron chi connectivity index (χ1n) is 8.03. The van der Waals surface area contributed by atoms with Crippen molar-refractivity contribution >= 4 is 5.91 Å². The number of aryl methyl sites for hydroxylation is 1. The SMILES string of the molecule is Cc1ccc([C@@H](CCCC#N)N[C@@H]2CCC(=O)N(C)C2)cc1. The van der Waals surface area contributed by atoms with E-state index in [2.05, 4.69) is 42.6 Å². The summed E-state index contributed by atoms with van der Waals surface area (Å²) in [6.45, 7) is 2.85. The molecule has 1 heterocycles. The van der Waals surface area contributed by atoms with Gasteiger partial charge in [-0.25, -0.2) is 0 Å². The Labute approximate surface area is 133 Å². The number of unbranched alkanes of at least 4 members (excludes halogenated alkanes) is 1. The van der Waals surface area contributed by atoms with Crippen LogP contribution in [-0.2, 0) is 4.79 Å². The van der Waals surface area contributed by atoms with Gasteiger partial charge in [0, 0.05) is 38.5 Å². The van der Waals surface area contributed by atoms with Crippen LogP contribution in [0.25, 0.3) is 0 Å². The number of nitriles is 1. The zero-order valence-electron chi connectivity index (χ0n) is 13.5. The highest BCUT2D eigenvalue weighted by Crippen LogP contribution is 2.22. The number of benzene rings is 1. The molecule has 0 spiro atoms. The number of carbonyl (C=O) groups excluding carboxylic acids is 1. The minimum atomic E-state index is 0.231. The molecule has 0 aromatic heterocycles. The van der Waals surface area contributed by atoms with Crippen LogP contribution in [-0.4, -0.2) is 30.4 Å². The monoisotopic (exact) mass is 299 g/mol. The Hall–Kier alpha value is -1.86. The van der Waals surface area contributed by atoms with Crippen LogP contribution < -0.4 is 5.32 Å². The summed E-state index contributed by atoms with van der Waals surface area (Å²) in [5, 5.41) is 12.5. The van der Waals surface area contributed by atoms with Crippen molar-refractivity contribution in [3.8, 4) is 6.07 Å².